The monoisotopic (exact) mass is 417 g/mol. The van der Waals surface area contributed by atoms with E-state index in [-0.39, 0.29) is 16.7 Å². The summed E-state index contributed by atoms with van der Waals surface area (Å²) in [5, 5.41) is 0.131. The summed E-state index contributed by atoms with van der Waals surface area (Å²) >= 11 is 3.23. The van der Waals surface area contributed by atoms with Gasteiger partial charge in [-0.25, -0.2) is 0 Å². The van der Waals surface area contributed by atoms with Crippen molar-refractivity contribution in [2.24, 2.45) is 0 Å². The Morgan fingerprint density at radius 1 is 1.27 bits per heavy atom. The Morgan fingerprint density at radius 2 is 1.96 bits per heavy atom. The SMILES string of the molecule is CC(C)(C)c1ccc(N2C(=O)SC[C@@H]2CSCCCCOP(O)O)cc1. The van der Waals surface area contributed by atoms with Crippen LogP contribution in [-0.2, 0) is 9.94 Å². The van der Waals surface area contributed by atoms with Crippen molar-refractivity contribution in [3.8, 4) is 0 Å². The molecular weight excluding hydrogens is 389 g/mol. The van der Waals surface area contributed by atoms with E-state index in [1.165, 1.54) is 17.3 Å². The molecule has 5 nitrogen and oxygen atoms in total. The molecule has 1 aromatic carbocycles. The Kier molecular flexibility index (Phi) is 8.71. The number of nitrogens with zero attached hydrogens (tertiary/aromatic N) is 1. The molecule has 26 heavy (non-hydrogen) atoms. The first-order chi connectivity index (χ1) is 12.3. The van der Waals surface area contributed by atoms with Crippen molar-refractivity contribution >= 4 is 43.1 Å². The smallest absolute Gasteiger partial charge is 0.327 e. The van der Waals surface area contributed by atoms with Gasteiger partial charge in [0.2, 0.25) is 0 Å². The van der Waals surface area contributed by atoms with Crippen molar-refractivity contribution in [1.29, 1.82) is 0 Å². The van der Waals surface area contributed by atoms with Crippen LogP contribution in [0, 0.1) is 0 Å². The van der Waals surface area contributed by atoms with E-state index in [4.69, 9.17) is 14.3 Å². The van der Waals surface area contributed by atoms with Gasteiger partial charge in [-0.1, -0.05) is 44.7 Å². The Hall–Kier alpha value is -0.300. The van der Waals surface area contributed by atoms with Crippen LogP contribution in [0.3, 0.4) is 0 Å². The topological polar surface area (TPSA) is 70.0 Å². The number of thioether (sulfide) groups is 2. The van der Waals surface area contributed by atoms with Gasteiger partial charge < -0.3 is 14.3 Å². The number of amides is 1. The maximum absolute atomic E-state index is 12.3. The molecular formula is C18H28NO4PS2. The van der Waals surface area contributed by atoms with E-state index in [2.05, 4.69) is 45.0 Å². The van der Waals surface area contributed by atoms with Gasteiger partial charge in [0.25, 0.3) is 5.24 Å². The lowest BCUT2D eigenvalue weighted by atomic mass is 9.87. The zero-order valence-electron chi connectivity index (χ0n) is 15.6. The number of unbranched alkanes of at least 4 members (excludes halogenated alkanes) is 1. The Balaban J connectivity index is 1.83. The van der Waals surface area contributed by atoms with Crippen LogP contribution in [0.15, 0.2) is 24.3 Å². The first-order valence-electron chi connectivity index (χ1n) is 8.74. The van der Waals surface area contributed by atoms with E-state index in [1.807, 2.05) is 16.7 Å². The molecule has 0 radical (unpaired) electrons. The number of benzene rings is 1. The number of anilines is 1. The average Bonchev–Trinajstić information content (AvgIpc) is 2.93. The molecule has 0 spiro atoms. The van der Waals surface area contributed by atoms with Crippen molar-refractivity contribution in [1.82, 2.24) is 0 Å². The largest absolute Gasteiger partial charge is 0.328 e. The number of carbonyl (C=O) groups excluding carboxylic acids is 1. The minimum absolute atomic E-state index is 0.106. The molecule has 0 aromatic heterocycles. The van der Waals surface area contributed by atoms with Gasteiger partial charge in [-0.2, -0.15) is 11.8 Å². The predicted molar refractivity (Wildman–Crippen MR) is 113 cm³/mol. The van der Waals surface area contributed by atoms with Gasteiger partial charge in [0.05, 0.1) is 12.6 Å². The Bertz CT molecular complexity index is 578. The van der Waals surface area contributed by atoms with Crippen LogP contribution in [0.2, 0.25) is 0 Å². The lowest BCUT2D eigenvalue weighted by Crippen LogP contribution is -2.35. The van der Waals surface area contributed by atoms with E-state index in [1.54, 1.807) is 0 Å². The van der Waals surface area contributed by atoms with Crippen LogP contribution >= 0.6 is 32.1 Å². The summed E-state index contributed by atoms with van der Waals surface area (Å²) in [6.07, 6.45) is 1.77. The number of hydrogen-bond donors (Lipinski definition) is 2. The fraction of sp³-hybridized carbons (Fsp3) is 0.611. The van der Waals surface area contributed by atoms with Gasteiger partial charge in [-0.15, -0.1) is 0 Å². The van der Waals surface area contributed by atoms with Gasteiger partial charge in [0, 0.05) is 17.2 Å². The molecule has 0 saturated carbocycles. The number of carbonyl (C=O) groups is 1. The summed E-state index contributed by atoms with van der Waals surface area (Å²) in [6.45, 7) is 6.94. The summed E-state index contributed by atoms with van der Waals surface area (Å²) < 4.78 is 4.75. The molecule has 1 saturated heterocycles. The molecule has 0 unspecified atom stereocenters. The highest BCUT2D eigenvalue weighted by Gasteiger charge is 2.33. The van der Waals surface area contributed by atoms with Crippen LogP contribution in [0.4, 0.5) is 10.5 Å². The second-order valence-corrected chi connectivity index (χ2v) is 10.2. The Labute approximate surface area is 165 Å². The summed E-state index contributed by atoms with van der Waals surface area (Å²) in [5.74, 6) is 2.72. The molecule has 1 aliphatic heterocycles. The zero-order valence-corrected chi connectivity index (χ0v) is 18.1. The van der Waals surface area contributed by atoms with E-state index < -0.39 is 8.60 Å². The third-order valence-electron chi connectivity index (χ3n) is 4.17. The molecule has 0 bridgehead atoms. The third kappa shape index (κ3) is 6.70. The van der Waals surface area contributed by atoms with Gasteiger partial charge in [-0.05, 0) is 41.7 Å². The second-order valence-electron chi connectivity index (χ2n) is 7.27. The fourth-order valence-electron chi connectivity index (χ4n) is 2.69. The molecule has 1 aromatic rings. The molecule has 1 fully saturated rings. The molecule has 1 amide bonds. The van der Waals surface area contributed by atoms with Crippen molar-refractivity contribution in [3.05, 3.63) is 29.8 Å². The maximum atomic E-state index is 12.3. The van der Waals surface area contributed by atoms with Crippen molar-refractivity contribution < 1.29 is 19.1 Å². The second kappa shape index (κ2) is 10.3. The Morgan fingerprint density at radius 3 is 2.58 bits per heavy atom. The van der Waals surface area contributed by atoms with Gasteiger partial charge >= 0.3 is 8.60 Å². The lowest BCUT2D eigenvalue weighted by Gasteiger charge is -2.25. The first-order valence-corrected chi connectivity index (χ1v) is 12.0. The predicted octanol–water partition coefficient (Wildman–Crippen LogP) is 4.77. The minimum Gasteiger partial charge on any atom is -0.328 e. The average molecular weight is 418 g/mol. The zero-order chi connectivity index (χ0) is 19.2. The molecule has 1 atom stereocenters. The summed E-state index contributed by atoms with van der Waals surface area (Å²) in [7, 11) is -2.23. The van der Waals surface area contributed by atoms with Crippen molar-refractivity contribution in [2.75, 3.05) is 28.8 Å². The van der Waals surface area contributed by atoms with Crippen LogP contribution in [0.1, 0.15) is 39.2 Å². The highest BCUT2D eigenvalue weighted by Crippen LogP contribution is 2.33. The molecule has 2 rings (SSSR count). The van der Waals surface area contributed by atoms with Gasteiger partial charge in [0.15, 0.2) is 0 Å². The molecule has 2 N–H and O–H groups in total. The summed E-state index contributed by atoms with van der Waals surface area (Å²) in [6, 6.07) is 8.57. The molecule has 146 valence electrons. The van der Waals surface area contributed by atoms with Crippen LogP contribution in [0.25, 0.3) is 0 Å². The van der Waals surface area contributed by atoms with Crippen LogP contribution in [0.5, 0.6) is 0 Å². The normalized spacial score (nSPS) is 18.2. The van der Waals surface area contributed by atoms with Gasteiger partial charge in [0.1, 0.15) is 0 Å². The van der Waals surface area contributed by atoms with E-state index >= 15 is 0 Å². The standard InChI is InChI=1S/C18H28NO4PS2/c1-18(2,3)14-6-8-15(9-7-14)19-16(13-26-17(19)20)12-25-11-5-4-10-23-24(21)22/h6-9,16,21-22H,4-5,10-13H2,1-3H3/t16-/m0/s1. The van der Waals surface area contributed by atoms with Crippen LogP contribution in [-0.4, -0.2) is 44.9 Å². The first kappa shape index (κ1) is 22.0. The van der Waals surface area contributed by atoms with Gasteiger partial charge in [-0.3, -0.25) is 9.69 Å². The fourth-order valence-corrected chi connectivity index (χ4v) is 5.24. The highest BCUT2D eigenvalue weighted by molar-refractivity contribution is 8.14. The summed E-state index contributed by atoms with van der Waals surface area (Å²) in [5.41, 5.74) is 2.35. The van der Waals surface area contributed by atoms with Crippen LogP contribution < -0.4 is 4.90 Å². The lowest BCUT2D eigenvalue weighted by molar-refractivity contribution is 0.251. The molecule has 1 heterocycles. The number of rotatable bonds is 9. The van der Waals surface area contributed by atoms with Crippen molar-refractivity contribution in [3.63, 3.8) is 0 Å². The van der Waals surface area contributed by atoms with Crippen molar-refractivity contribution in [2.45, 2.75) is 45.1 Å². The molecule has 1 aliphatic rings. The van der Waals surface area contributed by atoms with E-state index in [0.717, 1.165) is 35.8 Å². The molecule has 0 aliphatic carbocycles. The van der Waals surface area contributed by atoms with E-state index in [9.17, 15) is 4.79 Å². The number of hydrogen-bond acceptors (Lipinski definition) is 6. The quantitative estimate of drug-likeness (QED) is 0.446. The minimum atomic E-state index is -2.23. The molecule has 8 heteroatoms. The maximum Gasteiger partial charge on any atom is 0.327 e. The third-order valence-corrected chi connectivity index (χ3v) is 6.78. The van der Waals surface area contributed by atoms with E-state index in [0.29, 0.717) is 6.61 Å². The highest BCUT2D eigenvalue weighted by atomic mass is 32.2. The summed E-state index contributed by atoms with van der Waals surface area (Å²) in [4.78, 5) is 31.6.